The van der Waals surface area contributed by atoms with Crippen LogP contribution in [-0.2, 0) is 4.74 Å². The van der Waals surface area contributed by atoms with E-state index >= 15 is 0 Å². The highest BCUT2D eigenvalue weighted by Crippen LogP contribution is 2.42. The van der Waals surface area contributed by atoms with E-state index in [1.807, 2.05) is 25.7 Å². The number of amides is 1. The van der Waals surface area contributed by atoms with Gasteiger partial charge in [0.05, 0.1) is 34.1 Å². The first-order valence-corrected chi connectivity index (χ1v) is 14.2. The molecule has 2 aromatic heterocycles. The van der Waals surface area contributed by atoms with Gasteiger partial charge in [-0.2, -0.15) is 9.97 Å². The molecule has 2 bridgehead atoms. The second-order valence-corrected chi connectivity index (χ2v) is 12.8. The van der Waals surface area contributed by atoms with Gasteiger partial charge in [0.2, 0.25) is 0 Å². The van der Waals surface area contributed by atoms with Crippen LogP contribution in [0.4, 0.5) is 23.8 Å². The lowest BCUT2D eigenvalue weighted by Gasteiger charge is -2.42. The Morgan fingerprint density at radius 3 is 2.60 bits per heavy atom. The van der Waals surface area contributed by atoms with Crippen molar-refractivity contribution in [2.24, 2.45) is 0 Å². The van der Waals surface area contributed by atoms with Crippen molar-refractivity contribution in [3.63, 3.8) is 0 Å². The third kappa shape index (κ3) is 4.91. The molecule has 3 unspecified atom stereocenters. The van der Waals surface area contributed by atoms with E-state index in [-0.39, 0.29) is 41.5 Å². The predicted octanol–water partition coefficient (Wildman–Crippen LogP) is 5.16. The van der Waals surface area contributed by atoms with Gasteiger partial charge in [0, 0.05) is 32.3 Å². The maximum absolute atomic E-state index is 14.3. The first kappa shape index (κ1) is 27.6. The molecule has 0 saturated carbocycles. The molecular formula is C27H34ClF3N6O3. The fourth-order valence-electron chi connectivity index (χ4n) is 6.89. The summed E-state index contributed by atoms with van der Waals surface area (Å²) in [4.78, 5) is 31.9. The number of hydrogen-bond donors (Lipinski definition) is 0. The SMILES string of the molecule is CC(C)(C)OC(=O)N1C2CCC1CN(c1nc(OC[C@@]34CCCN3CC(F)C4)nc3c(C(F)F)c(Cl)ncc13)C2. The van der Waals surface area contributed by atoms with Crippen LogP contribution in [0.15, 0.2) is 6.20 Å². The lowest BCUT2D eigenvalue weighted by molar-refractivity contribution is 0.0122. The summed E-state index contributed by atoms with van der Waals surface area (Å²) in [6.07, 6.45) is 0.906. The van der Waals surface area contributed by atoms with E-state index in [4.69, 9.17) is 21.1 Å². The van der Waals surface area contributed by atoms with Crippen molar-refractivity contribution in [2.45, 2.75) is 88.7 Å². The normalized spacial score (nSPS) is 28.6. The smallest absolute Gasteiger partial charge is 0.410 e. The summed E-state index contributed by atoms with van der Waals surface area (Å²) in [6, 6.07) is -0.301. The maximum atomic E-state index is 14.3. The molecule has 0 aliphatic carbocycles. The number of ether oxygens (including phenoxy) is 2. The number of hydrogen-bond acceptors (Lipinski definition) is 8. The van der Waals surface area contributed by atoms with E-state index in [0.717, 1.165) is 32.2 Å². The van der Waals surface area contributed by atoms with Crippen molar-refractivity contribution >= 4 is 34.4 Å². The summed E-state index contributed by atoms with van der Waals surface area (Å²) in [5.41, 5.74) is -1.56. The van der Waals surface area contributed by atoms with E-state index in [1.165, 1.54) is 6.20 Å². The number of rotatable bonds is 5. The average Bonchev–Trinajstić information content (AvgIpc) is 3.48. The van der Waals surface area contributed by atoms with Gasteiger partial charge in [-0.1, -0.05) is 11.6 Å². The lowest BCUT2D eigenvalue weighted by atomic mass is 9.95. The Hall–Kier alpha value is -2.60. The molecule has 6 heterocycles. The average molecular weight is 583 g/mol. The minimum Gasteiger partial charge on any atom is -0.461 e. The van der Waals surface area contributed by atoms with Crippen LogP contribution in [0.1, 0.15) is 64.9 Å². The minimum absolute atomic E-state index is 0.0208. The molecular weight excluding hydrogens is 549 g/mol. The van der Waals surface area contributed by atoms with Crippen molar-refractivity contribution in [2.75, 3.05) is 37.7 Å². The molecule has 218 valence electrons. The first-order valence-electron chi connectivity index (χ1n) is 13.9. The number of alkyl halides is 3. The third-order valence-electron chi connectivity index (χ3n) is 8.52. The maximum Gasteiger partial charge on any atom is 0.410 e. The number of fused-ring (bicyclic) bond motifs is 4. The Morgan fingerprint density at radius 1 is 1.20 bits per heavy atom. The molecule has 4 atom stereocenters. The second kappa shape index (κ2) is 10.0. The summed E-state index contributed by atoms with van der Waals surface area (Å²) in [5.74, 6) is 0.405. The molecule has 4 saturated heterocycles. The fraction of sp³-hybridized carbons (Fsp3) is 0.704. The van der Waals surface area contributed by atoms with E-state index < -0.39 is 29.3 Å². The van der Waals surface area contributed by atoms with E-state index in [9.17, 15) is 18.0 Å². The van der Waals surface area contributed by atoms with Gasteiger partial charge in [0.15, 0.2) is 0 Å². The van der Waals surface area contributed by atoms with Crippen LogP contribution >= 0.6 is 11.6 Å². The largest absolute Gasteiger partial charge is 0.461 e. The quantitative estimate of drug-likeness (QED) is 0.447. The molecule has 2 aromatic rings. The van der Waals surface area contributed by atoms with Crippen molar-refractivity contribution in [1.29, 1.82) is 0 Å². The molecule has 0 radical (unpaired) electrons. The Balaban J connectivity index is 1.33. The summed E-state index contributed by atoms with van der Waals surface area (Å²) in [6.45, 7) is 7.72. The number of pyridine rings is 1. The summed E-state index contributed by atoms with van der Waals surface area (Å²) >= 11 is 6.11. The molecule has 40 heavy (non-hydrogen) atoms. The van der Waals surface area contributed by atoms with E-state index in [1.54, 1.807) is 4.90 Å². The van der Waals surface area contributed by atoms with Gasteiger partial charge in [0.1, 0.15) is 29.4 Å². The van der Waals surface area contributed by atoms with Gasteiger partial charge < -0.3 is 14.4 Å². The van der Waals surface area contributed by atoms with Gasteiger partial charge in [-0.3, -0.25) is 9.80 Å². The number of nitrogens with zero attached hydrogens (tertiary/aromatic N) is 6. The van der Waals surface area contributed by atoms with Crippen molar-refractivity contribution < 1.29 is 27.4 Å². The Kier molecular flexibility index (Phi) is 6.92. The Labute approximate surface area is 236 Å². The number of anilines is 1. The van der Waals surface area contributed by atoms with Crippen molar-refractivity contribution in [3.8, 4) is 6.01 Å². The van der Waals surface area contributed by atoms with E-state index in [0.29, 0.717) is 37.3 Å². The van der Waals surface area contributed by atoms with Crippen molar-refractivity contribution in [1.82, 2.24) is 24.8 Å². The van der Waals surface area contributed by atoms with Crippen molar-refractivity contribution in [3.05, 3.63) is 16.9 Å². The Morgan fingerprint density at radius 2 is 1.93 bits per heavy atom. The van der Waals surface area contributed by atoms with Crippen LogP contribution < -0.4 is 9.64 Å². The fourth-order valence-corrected chi connectivity index (χ4v) is 7.11. The highest BCUT2D eigenvalue weighted by atomic mass is 35.5. The van der Waals surface area contributed by atoms with Gasteiger partial charge >= 0.3 is 12.1 Å². The summed E-state index contributed by atoms with van der Waals surface area (Å²) < 4.78 is 54.4. The molecule has 0 aromatic carbocycles. The van der Waals surface area contributed by atoms with Gasteiger partial charge in [-0.05, 0) is 53.0 Å². The Bertz CT molecular complexity index is 1300. The highest BCUT2D eigenvalue weighted by molar-refractivity contribution is 6.31. The molecule has 9 nitrogen and oxygen atoms in total. The lowest BCUT2D eigenvalue weighted by Crippen LogP contribution is -2.57. The number of carbonyl (C=O) groups excluding carboxylic acids is 1. The predicted molar refractivity (Wildman–Crippen MR) is 143 cm³/mol. The number of piperazine rings is 1. The van der Waals surface area contributed by atoms with Crippen LogP contribution in [0.2, 0.25) is 5.15 Å². The molecule has 13 heteroatoms. The van der Waals surface area contributed by atoms with Gasteiger partial charge in [0.25, 0.3) is 6.43 Å². The molecule has 0 spiro atoms. The molecule has 6 rings (SSSR count). The molecule has 0 N–H and O–H groups in total. The van der Waals surface area contributed by atoms with Crippen LogP contribution in [-0.4, -0.2) is 93.0 Å². The highest BCUT2D eigenvalue weighted by Gasteiger charge is 2.50. The minimum atomic E-state index is -2.91. The van der Waals surface area contributed by atoms with Crippen LogP contribution in [0, 0.1) is 0 Å². The topological polar surface area (TPSA) is 83.9 Å². The zero-order valence-corrected chi connectivity index (χ0v) is 23.6. The second-order valence-electron chi connectivity index (χ2n) is 12.4. The zero-order chi connectivity index (χ0) is 28.4. The molecule has 4 aliphatic heterocycles. The van der Waals surface area contributed by atoms with Crippen LogP contribution in [0.25, 0.3) is 10.9 Å². The van der Waals surface area contributed by atoms with Crippen LogP contribution in [0.3, 0.4) is 0 Å². The number of carbonyl (C=O) groups is 1. The zero-order valence-electron chi connectivity index (χ0n) is 22.9. The molecule has 1 amide bonds. The van der Waals surface area contributed by atoms with Gasteiger partial charge in [-0.15, -0.1) is 0 Å². The first-order chi connectivity index (χ1) is 18.9. The van der Waals surface area contributed by atoms with E-state index in [2.05, 4.69) is 19.9 Å². The summed E-state index contributed by atoms with van der Waals surface area (Å²) in [5, 5.41) is 0.00653. The monoisotopic (exact) mass is 582 g/mol. The summed E-state index contributed by atoms with van der Waals surface area (Å²) in [7, 11) is 0. The molecule has 4 fully saturated rings. The standard InChI is InChI=1S/C27H34ClF3N6O3/c1-26(2,3)40-25(38)37-16-5-6-17(37)13-35(12-16)23-18-10-32-21(28)19(22(30)31)20(18)33-24(34-23)39-14-27-7-4-8-36(27)11-15(29)9-27/h10,15-17,22H,4-9,11-14H2,1-3H3/t15?,16?,17?,27-/m0/s1. The molecule has 4 aliphatic rings. The van der Waals surface area contributed by atoms with Crippen LogP contribution in [0.5, 0.6) is 6.01 Å². The number of aromatic nitrogens is 3. The van der Waals surface area contributed by atoms with Gasteiger partial charge in [-0.25, -0.2) is 22.9 Å². The number of halogens is 4. The third-order valence-corrected chi connectivity index (χ3v) is 8.83.